The summed E-state index contributed by atoms with van der Waals surface area (Å²) in [6, 6.07) is 10.2. The normalized spacial score (nSPS) is 15.5. The first-order valence-corrected chi connectivity index (χ1v) is 8.53. The van der Waals surface area contributed by atoms with Gasteiger partial charge in [0.05, 0.1) is 5.25 Å². The van der Waals surface area contributed by atoms with Gasteiger partial charge in [-0.25, -0.2) is 0 Å². The van der Waals surface area contributed by atoms with E-state index in [2.05, 4.69) is 20.8 Å². The Hall–Kier alpha value is -1.60. The molecule has 0 bridgehead atoms. The first-order valence-electron chi connectivity index (χ1n) is 6.83. The number of hydrogen-bond acceptors (Lipinski definition) is 6. The summed E-state index contributed by atoms with van der Waals surface area (Å²) in [5.41, 5.74) is 0.977. The first kappa shape index (κ1) is 14.3. The number of aromatic nitrogens is 2. The van der Waals surface area contributed by atoms with Gasteiger partial charge in [-0.05, 0) is 31.9 Å². The van der Waals surface area contributed by atoms with Crippen LogP contribution in [0.3, 0.4) is 0 Å². The molecule has 2 aromatic rings. The molecule has 110 valence electrons. The lowest BCUT2D eigenvalue weighted by molar-refractivity contribution is -0.120. The van der Waals surface area contributed by atoms with Gasteiger partial charge < -0.3 is 10.6 Å². The second-order valence-corrected chi connectivity index (χ2v) is 7.47. The summed E-state index contributed by atoms with van der Waals surface area (Å²) in [5.74, 6) is 0.0790. The lowest BCUT2D eigenvalue weighted by Gasteiger charge is -2.08. The third-order valence-corrected chi connectivity index (χ3v) is 5.02. The van der Waals surface area contributed by atoms with Gasteiger partial charge in [0, 0.05) is 11.7 Å². The molecule has 5 nitrogen and oxygen atoms in total. The second kappa shape index (κ2) is 6.44. The monoisotopic (exact) mass is 320 g/mol. The molecule has 0 radical (unpaired) electrons. The zero-order valence-electron chi connectivity index (χ0n) is 11.6. The number of para-hydroxylation sites is 1. The molecule has 1 atom stereocenters. The van der Waals surface area contributed by atoms with Crippen LogP contribution in [0.5, 0.6) is 0 Å². The molecular formula is C14H16N4OS2. The molecule has 0 saturated heterocycles. The van der Waals surface area contributed by atoms with E-state index in [1.54, 1.807) is 0 Å². The van der Waals surface area contributed by atoms with Crippen LogP contribution in [0.1, 0.15) is 19.8 Å². The van der Waals surface area contributed by atoms with Crippen molar-refractivity contribution in [1.82, 2.24) is 15.5 Å². The highest BCUT2D eigenvalue weighted by atomic mass is 32.2. The molecular weight excluding hydrogens is 304 g/mol. The van der Waals surface area contributed by atoms with Crippen LogP contribution in [0, 0.1) is 0 Å². The Morgan fingerprint density at radius 1 is 1.33 bits per heavy atom. The van der Waals surface area contributed by atoms with E-state index < -0.39 is 0 Å². The molecule has 0 unspecified atom stereocenters. The minimum Gasteiger partial charge on any atom is -0.352 e. The van der Waals surface area contributed by atoms with Crippen LogP contribution in [0.2, 0.25) is 0 Å². The van der Waals surface area contributed by atoms with Crippen LogP contribution in [-0.2, 0) is 4.79 Å². The van der Waals surface area contributed by atoms with Crippen LogP contribution < -0.4 is 10.6 Å². The molecule has 1 aliphatic carbocycles. The fourth-order valence-electron chi connectivity index (χ4n) is 1.70. The van der Waals surface area contributed by atoms with Crippen LogP contribution in [0.4, 0.5) is 10.8 Å². The summed E-state index contributed by atoms with van der Waals surface area (Å²) in [6.07, 6.45) is 2.21. The predicted molar refractivity (Wildman–Crippen MR) is 86.1 cm³/mol. The number of carbonyl (C=O) groups excluding carboxylic acids is 1. The molecule has 1 heterocycles. The smallest absolute Gasteiger partial charge is 0.233 e. The van der Waals surface area contributed by atoms with E-state index in [-0.39, 0.29) is 11.2 Å². The molecule has 3 rings (SSSR count). The third-order valence-electron chi connectivity index (χ3n) is 3.00. The minimum absolute atomic E-state index is 0.0790. The maximum Gasteiger partial charge on any atom is 0.233 e. The molecule has 1 aromatic carbocycles. The topological polar surface area (TPSA) is 66.9 Å². The van der Waals surface area contributed by atoms with Gasteiger partial charge in [-0.1, -0.05) is 41.3 Å². The van der Waals surface area contributed by atoms with Gasteiger partial charge in [0.15, 0.2) is 4.34 Å². The molecule has 1 aromatic heterocycles. The molecule has 2 N–H and O–H groups in total. The maximum absolute atomic E-state index is 11.9. The van der Waals surface area contributed by atoms with Crippen molar-refractivity contribution < 1.29 is 4.79 Å². The molecule has 1 fully saturated rings. The van der Waals surface area contributed by atoms with Gasteiger partial charge >= 0.3 is 0 Å². The van der Waals surface area contributed by atoms with E-state index >= 15 is 0 Å². The van der Waals surface area contributed by atoms with Crippen LogP contribution in [0.15, 0.2) is 34.7 Å². The highest BCUT2D eigenvalue weighted by Crippen LogP contribution is 2.31. The van der Waals surface area contributed by atoms with Crippen LogP contribution >= 0.6 is 23.1 Å². The summed E-state index contributed by atoms with van der Waals surface area (Å²) >= 11 is 2.90. The molecule has 1 saturated carbocycles. The lowest BCUT2D eigenvalue weighted by Crippen LogP contribution is -2.32. The van der Waals surface area contributed by atoms with Crippen molar-refractivity contribution in [2.75, 3.05) is 5.32 Å². The number of anilines is 2. The molecule has 7 heteroatoms. The maximum atomic E-state index is 11.9. The number of nitrogens with zero attached hydrogens (tertiary/aromatic N) is 2. The van der Waals surface area contributed by atoms with Gasteiger partial charge in [0.25, 0.3) is 0 Å². The Bertz CT molecular complexity index is 612. The number of thioether (sulfide) groups is 1. The fourth-order valence-corrected chi connectivity index (χ4v) is 3.63. The Kier molecular flexibility index (Phi) is 4.40. The van der Waals surface area contributed by atoms with E-state index in [0.717, 1.165) is 28.0 Å². The Balaban J connectivity index is 1.55. The number of benzene rings is 1. The largest absolute Gasteiger partial charge is 0.352 e. The highest BCUT2D eigenvalue weighted by Gasteiger charge is 2.26. The summed E-state index contributed by atoms with van der Waals surface area (Å²) in [5, 5.41) is 15.0. The van der Waals surface area contributed by atoms with Crippen molar-refractivity contribution in [2.24, 2.45) is 0 Å². The first-order chi connectivity index (χ1) is 10.2. The molecule has 21 heavy (non-hydrogen) atoms. The molecule has 0 aliphatic heterocycles. The number of nitrogens with one attached hydrogen (secondary N) is 2. The predicted octanol–water partition coefficient (Wildman–Crippen LogP) is 3.04. The molecule has 1 amide bonds. The van der Waals surface area contributed by atoms with Crippen molar-refractivity contribution in [3.05, 3.63) is 30.3 Å². The van der Waals surface area contributed by atoms with E-state index in [1.165, 1.54) is 23.1 Å². The van der Waals surface area contributed by atoms with E-state index in [0.29, 0.717) is 6.04 Å². The number of rotatable bonds is 6. The van der Waals surface area contributed by atoms with Gasteiger partial charge in [-0.15, -0.1) is 10.2 Å². The van der Waals surface area contributed by atoms with Crippen LogP contribution in [0.25, 0.3) is 0 Å². The minimum atomic E-state index is -0.150. The third kappa shape index (κ3) is 4.18. The quantitative estimate of drug-likeness (QED) is 0.801. The summed E-state index contributed by atoms with van der Waals surface area (Å²) < 4.78 is 0.798. The number of hydrogen-bond donors (Lipinski definition) is 2. The average Bonchev–Trinajstić information content (AvgIpc) is 3.19. The fraction of sp³-hybridized carbons (Fsp3) is 0.357. The lowest BCUT2D eigenvalue weighted by atomic mass is 10.3. The molecule has 0 spiro atoms. The van der Waals surface area contributed by atoms with Gasteiger partial charge in [0.2, 0.25) is 11.0 Å². The Morgan fingerprint density at radius 3 is 2.81 bits per heavy atom. The SMILES string of the molecule is C[C@@H](Sc1nnc(Nc2ccccc2)s1)C(=O)NC1CC1. The van der Waals surface area contributed by atoms with Gasteiger partial charge in [-0.3, -0.25) is 4.79 Å². The van der Waals surface area contributed by atoms with Crippen molar-refractivity contribution in [3.8, 4) is 0 Å². The standard InChI is InChI=1S/C14H16N4OS2/c1-9(12(19)15-11-7-8-11)20-14-18-17-13(21-14)16-10-5-3-2-4-6-10/h2-6,9,11H,7-8H2,1H3,(H,15,19)(H,16,17)/t9-/m1/s1. The Morgan fingerprint density at radius 2 is 2.10 bits per heavy atom. The second-order valence-electron chi connectivity index (χ2n) is 4.91. The molecule has 1 aliphatic rings. The van der Waals surface area contributed by atoms with Gasteiger partial charge in [-0.2, -0.15) is 0 Å². The van der Waals surface area contributed by atoms with Crippen molar-refractivity contribution in [2.45, 2.75) is 35.4 Å². The van der Waals surface area contributed by atoms with Crippen molar-refractivity contribution >= 4 is 39.8 Å². The summed E-state index contributed by atoms with van der Waals surface area (Å²) in [4.78, 5) is 11.9. The zero-order chi connectivity index (χ0) is 14.7. The van der Waals surface area contributed by atoms with E-state index in [9.17, 15) is 4.79 Å². The number of carbonyl (C=O) groups is 1. The van der Waals surface area contributed by atoms with Crippen LogP contribution in [-0.4, -0.2) is 27.4 Å². The number of amides is 1. The van der Waals surface area contributed by atoms with Crippen molar-refractivity contribution in [3.63, 3.8) is 0 Å². The van der Waals surface area contributed by atoms with E-state index in [4.69, 9.17) is 0 Å². The average molecular weight is 320 g/mol. The van der Waals surface area contributed by atoms with E-state index in [1.807, 2.05) is 37.3 Å². The van der Waals surface area contributed by atoms with Gasteiger partial charge in [0.1, 0.15) is 0 Å². The van der Waals surface area contributed by atoms with Crippen molar-refractivity contribution in [1.29, 1.82) is 0 Å². The zero-order valence-corrected chi connectivity index (χ0v) is 13.2. The highest BCUT2D eigenvalue weighted by molar-refractivity contribution is 8.02. The summed E-state index contributed by atoms with van der Waals surface area (Å²) in [7, 11) is 0. The Labute approximate surface area is 131 Å². The summed E-state index contributed by atoms with van der Waals surface area (Å²) in [6.45, 7) is 1.90.